The third-order valence-corrected chi connectivity index (χ3v) is 4.50. The van der Waals surface area contributed by atoms with E-state index in [2.05, 4.69) is 5.32 Å². The molecule has 2 heterocycles. The summed E-state index contributed by atoms with van der Waals surface area (Å²) in [5, 5.41) is 2.75. The van der Waals surface area contributed by atoms with Gasteiger partial charge in [0.25, 0.3) is 0 Å². The average molecular weight is 333 g/mol. The van der Waals surface area contributed by atoms with Gasteiger partial charge in [0.1, 0.15) is 18.4 Å². The first kappa shape index (κ1) is 16.4. The van der Waals surface area contributed by atoms with Crippen LogP contribution < -0.4 is 5.32 Å². The molecule has 1 aromatic carbocycles. The van der Waals surface area contributed by atoms with E-state index in [4.69, 9.17) is 0 Å². The number of hydrogen-bond donors (Lipinski definition) is 1. The zero-order valence-electron chi connectivity index (χ0n) is 13.5. The molecular formula is C17H20FN3O3. The third kappa shape index (κ3) is 2.86. The van der Waals surface area contributed by atoms with Crippen LogP contribution in [0.3, 0.4) is 0 Å². The van der Waals surface area contributed by atoms with E-state index in [1.54, 1.807) is 17.0 Å². The maximum absolute atomic E-state index is 13.3. The number of amides is 3. The van der Waals surface area contributed by atoms with Gasteiger partial charge in [-0.2, -0.15) is 0 Å². The lowest BCUT2D eigenvalue weighted by atomic mass is 9.92. The van der Waals surface area contributed by atoms with Crippen molar-refractivity contribution < 1.29 is 18.8 Å². The molecular weight excluding hydrogens is 313 g/mol. The van der Waals surface area contributed by atoms with Gasteiger partial charge in [0.05, 0.1) is 6.04 Å². The topological polar surface area (TPSA) is 69.7 Å². The summed E-state index contributed by atoms with van der Waals surface area (Å²) in [5.74, 6) is -1.06. The van der Waals surface area contributed by atoms with Gasteiger partial charge in [-0.05, 0) is 24.1 Å². The van der Waals surface area contributed by atoms with Gasteiger partial charge < -0.3 is 15.1 Å². The van der Waals surface area contributed by atoms with Crippen molar-refractivity contribution in [2.24, 2.45) is 0 Å². The Morgan fingerprint density at radius 1 is 1.12 bits per heavy atom. The molecule has 0 radical (unpaired) electrons. The van der Waals surface area contributed by atoms with Crippen LogP contribution in [-0.2, 0) is 14.4 Å². The molecule has 1 N–H and O–H groups in total. The number of nitrogens with zero attached hydrogens (tertiary/aromatic N) is 2. The molecule has 0 aliphatic carbocycles. The zero-order chi connectivity index (χ0) is 17.3. The van der Waals surface area contributed by atoms with Crippen LogP contribution in [0.5, 0.6) is 0 Å². The number of piperazine rings is 1. The number of halogens is 1. The van der Waals surface area contributed by atoms with Crippen molar-refractivity contribution in [2.75, 3.05) is 19.6 Å². The Morgan fingerprint density at radius 2 is 1.83 bits per heavy atom. The van der Waals surface area contributed by atoms with Gasteiger partial charge in [0.15, 0.2) is 0 Å². The van der Waals surface area contributed by atoms with E-state index in [0.717, 1.165) is 6.42 Å². The lowest BCUT2D eigenvalue weighted by Crippen LogP contribution is -2.62. The lowest BCUT2D eigenvalue weighted by Gasteiger charge is -2.45. The maximum atomic E-state index is 13.3. The van der Waals surface area contributed by atoms with Crippen LogP contribution in [0.25, 0.3) is 0 Å². The first-order valence-corrected chi connectivity index (χ1v) is 8.15. The number of carbonyl (C=O) groups is 3. The van der Waals surface area contributed by atoms with Crippen LogP contribution >= 0.6 is 0 Å². The molecule has 2 atom stereocenters. The van der Waals surface area contributed by atoms with Gasteiger partial charge in [0.2, 0.25) is 17.7 Å². The van der Waals surface area contributed by atoms with E-state index >= 15 is 0 Å². The van der Waals surface area contributed by atoms with E-state index in [-0.39, 0.29) is 43.0 Å². The Hall–Kier alpha value is -2.44. The summed E-state index contributed by atoms with van der Waals surface area (Å²) in [6.07, 6.45) is 0.908. The first-order chi connectivity index (χ1) is 11.5. The Morgan fingerprint density at radius 3 is 2.50 bits per heavy atom. The monoisotopic (exact) mass is 333 g/mol. The molecule has 24 heavy (non-hydrogen) atoms. The molecule has 2 aliphatic heterocycles. The van der Waals surface area contributed by atoms with E-state index in [0.29, 0.717) is 12.1 Å². The molecule has 0 unspecified atom stereocenters. The van der Waals surface area contributed by atoms with E-state index in [1.807, 2.05) is 6.92 Å². The predicted octanol–water partition coefficient (Wildman–Crippen LogP) is 0.836. The number of carbonyl (C=O) groups excluding carboxylic acids is 3. The third-order valence-electron chi connectivity index (χ3n) is 4.50. The van der Waals surface area contributed by atoms with Gasteiger partial charge in [-0.25, -0.2) is 4.39 Å². The van der Waals surface area contributed by atoms with Crippen molar-refractivity contribution in [1.29, 1.82) is 0 Å². The highest BCUT2D eigenvalue weighted by molar-refractivity contribution is 5.95. The largest absolute Gasteiger partial charge is 0.354 e. The Balaban J connectivity index is 2.08. The number of nitrogens with one attached hydrogen (secondary N) is 1. The minimum atomic E-state index is -0.783. The molecule has 1 aromatic rings. The van der Waals surface area contributed by atoms with Gasteiger partial charge >= 0.3 is 0 Å². The van der Waals surface area contributed by atoms with E-state index in [1.165, 1.54) is 17.0 Å². The van der Waals surface area contributed by atoms with Crippen LogP contribution in [0.4, 0.5) is 4.39 Å². The second-order valence-corrected chi connectivity index (χ2v) is 6.09. The smallest absolute Gasteiger partial charge is 0.245 e. The van der Waals surface area contributed by atoms with Gasteiger partial charge in [-0.3, -0.25) is 14.4 Å². The summed E-state index contributed by atoms with van der Waals surface area (Å²) in [7, 11) is 0. The van der Waals surface area contributed by atoms with Crippen molar-refractivity contribution in [2.45, 2.75) is 31.8 Å². The number of rotatable bonds is 3. The predicted molar refractivity (Wildman–Crippen MR) is 84.3 cm³/mol. The van der Waals surface area contributed by atoms with Crippen molar-refractivity contribution >= 4 is 17.7 Å². The minimum absolute atomic E-state index is 0.0887. The highest BCUT2D eigenvalue weighted by Gasteiger charge is 2.47. The summed E-state index contributed by atoms with van der Waals surface area (Å²) in [6.45, 7) is 2.60. The van der Waals surface area contributed by atoms with Crippen LogP contribution in [0.1, 0.15) is 31.4 Å². The molecule has 2 saturated heterocycles. The van der Waals surface area contributed by atoms with E-state index < -0.39 is 12.1 Å². The fourth-order valence-electron chi connectivity index (χ4n) is 3.43. The van der Waals surface area contributed by atoms with Crippen molar-refractivity contribution in [3.8, 4) is 0 Å². The van der Waals surface area contributed by atoms with Crippen molar-refractivity contribution in [3.63, 3.8) is 0 Å². The number of fused-ring (bicyclic) bond motifs is 1. The standard InChI is InChI=1S/C17H20FN3O3/c1-2-9-20-14(23)10-21-13(22)7-8-19-17(24)16(21)15(20)11-3-5-12(18)6-4-11/h3-6,15-16H,2,7-10H2,1H3,(H,19,24)/t15-,16+/m0/s1. The first-order valence-electron chi connectivity index (χ1n) is 8.15. The summed E-state index contributed by atoms with van der Waals surface area (Å²) >= 11 is 0. The summed E-state index contributed by atoms with van der Waals surface area (Å²) in [4.78, 5) is 40.5. The van der Waals surface area contributed by atoms with Gasteiger partial charge in [-0.15, -0.1) is 0 Å². The normalized spacial score (nSPS) is 24.5. The lowest BCUT2D eigenvalue weighted by molar-refractivity contribution is -0.157. The van der Waals surface area contributed by atoms with Crippen molar-refractivity contribution in [3.05, 3.63) is 35.6 Å². The molecule has 7 heteroatoms. The fourth-order valence-corrected chi connectivity index (χ4v) is 3.43. The number of benzene rings is 1. The average Bonchev–Trinajstić information content (AvgIpc) is 2.69. The molecule has 2 aliphatic rings. The highest BCUT2D eigenvalue weighted by Crippen LogP contribution is 2.33. The van der Waals surface area contributed by atoms with E-state index in [9.17, 15) is 18.8 Å². The quantitative estimate of drug-likeness (QED) is 0.891. The summed E-state index contributed by atoms with van der Waals surface area (Å²) < 4.78 is 13.3. The molecule has 6 nitrogen and oxygen atoms in total. The molecule has 128 valence electrons. The molecule has 0 aromatic heterocycles. The van der Waals surface area contributed by atoms with Crippen molar-refractivity contribution in [1.82, 2.24) is 15.1 Å². The highest BCUT2D eigenvalue weighted by atomic mass is 19.1. The maximum Gasteiger partial charge on any atom is 0.245 e. The van der Waals surface area contributed by atoms with Gasteiger partial charge in [-0.1, -0.05) is 19.1 Å². The van der Waals surface area contributed by atoms with Crippen LogP contribution in [-0.4, -0.2) is 53.2 Å². The van der Waals surface area contributed by atoms with Crippen LogP contribution in [0, 0.1) is 5.82 Å². The second kappa shape index (κ2) is 6.59. The number of hydrogen-bond acceptors (Lipinski definition) is 3. The Kier molecular flexibility index (Phi) is 4.51. The molecule has 0 saturated carbocycles. The molecule has 0 bridgehead atoms. The van der Waals surface area contributed by atoms with Gasteiger partial charge in [0, 0.05) is 19.5 Å². The fraction of sp³-hybridized carbons (Fsp3) is 0.471. The summed E-state index contributed by atoms with van der Waals surface area (Å²) in [6, 6.07) is 4.37. The summed E-state index contributed by atoms with van der Waals surface area (Å²) in [5.41, 5.74) is 0.651. The zero-order valence-corrected chi connectivity index (χ0v) is 13.5. The minimum Gasteiger partial charge on any atom is -0.354 e. The molecule has 3 rings (SSSR count). The SMILES string of the molecule is CCCN1C(=O)CN2C(=O)CCNC(=O)[C@H]2[C@@H]1c1ccc(F)cc1. The molecule has 3 amide bonds. The Bertz CT molecular complexity index is 662. The van der Waals surface area contributed by atoms with Crippen LogP contribution in [0.2, 0.25) is 0 Å². The van der Waals surface area contributed by atoms with Crippen LogP contribution in [0.15, 0.2) is 24.3 Å². The Labute approximate surface area is 139 Å². The second-order valence-electron chi connectivity index (χ2n) is 6.09. The molecule has 2 fully saturated rings. The molecule has 0 spiro atoms.